The fraction of sp³-hybridized carbons (Fsp3) is 0.435. The van der Waals surface area contributed by atoms with Gasteiger partial charge in [-0.3, -0.25) is 9.59 Å². The second kappa shape index (κ2) is 8.73. The van der Waals surface area contributed by atoms with Crippen molar-refractivity contribution in [1.29, 1.82) is 0 Å². The van der Waals surface area contributed by atoms with Gasteiger partial charge in [0.05, 0.1) is 29.8 Å². The third kappa shape index (κ3) is 4.25. The number of furan rings is 1. The number of para-hydroxylation sites is 2. The average molecular weight is 409 g/mol. The molecule has 1 aromatic carbocycles. The summed E-state index contributed by atoms with van der Waals surface area (Å²) in [7, 11) is 0. The number of hydrogen-bond donors (Lipinski definition) is 1. The van der Waals surface area contributed by atoms with Gasteiger partial charge in [0.15, 0.2) is 0 Å². The van der Waals surface area contributed by atoms with E-state index in [1.807, 2.05) is 24.3 Å². The first kappa shape index (κ1) is 20.2. The molecule has 0 aliphatic carbocycles. The normalized spacial score (nSPS) is 16.7. The molecule has 1 atom stereocenters. The van der Waals surface area contributed by atoms with Crippen LogP contribution in [0.25, 0.3) is 11.0 Å². The van der Waals surface area contributed by atoms with Crippen molar-refractivity contribution < 1.29 is 14.0 Å². The molecule has 7 nitrogen and oxygen atoms in total. The molecule has 1 fully saturated rings. The number of benzene rings is 1. The number of fused-ring (bicyclic) bond motifs is 1. The average Bonchev–Trinajstić information content (AvgIpc) is 3.44. The van der Waals surface area contributed by atoms with Gasteiger partial charge >= 0.3 is 0 Å². The smallest absolute Gasteiger partial charge is 0.225 e. The third-order valence-corrected chi connectivity index (χ3v) is 5.57. The minimum Gasteiger partial charge on any atom is -0.467 e. The summed E-state index contributed by atoms with van der Waals surface area (Å²) in [5.41, 5.74) is 2.15. The second-order valence-electron chi connectivity index (χ2n) is 8.13. The maximum Gasteiger partial charge on any atom is 0.225 e. The zero-order valence-electron chi connectivity index (χ0n) is 17.5. The van der Waals surface area contributed by atoms with E-state index in [-0.39, 0.29) is 24.2 Å². The summed E-state index contributed by atoms with van der Waals surface area (Å²) in [6, 6.07) is 12.1. The van der Waals surface area contributed by atoms with E-state index in [1.54, 1.807) is 17.2 Å². The van der Waals surface area contributed by atoms with Crippen LogP contribution in [0.1, 0.15) is 44.3 Å². The Morgan fingerprint density at radius 2 is 2.10 bits per heavy atom. The number of hydrogen-bond acceptors (Lipinski definition) is 4. The van der Waals surface area contributed by atoms with Crippen LogP contribution in [0.4, 0.5) is 0 Å². The van der Waals surface area contributed by atoms with Crippen LogP contribution in [-0.4, -0.2) is 39.4 Å². The van der Waals surface area contributed by atoms with Gasteiger partial charge in [-0.05, 0) is 44.5 Å². The summed E-state index contributed by atoms with van der Waals surface area (Å²) in [5.74, 6) is 1.42. The molecule has 1 aliphatic heterocycles. The number of amides is 2. The van der Waals surface area contributed by atoms with E-state index in [1.165, 1.54) is 0 Å². The minimum atomic E-state index is -0.298. The summed E-state index contributed by atoms with van der Waals surface area (Å²) >= 11 is 0. The highest BCUT2D eigenvalue weighted by Gasteiger charge is 2.34. The second-order valence-corrected chi connectivity index (χ2v) is 8.13. The Bertz CT molecular complexity index is 1020. The van der Waals surface area contributed by atoms with Gasteiger partial charge in [0, 0.05) is 32.0 Å². The Labute approximate surface area is 176 Å². The van der Waals surface area contributed by atoms with Crippen LogP contribution in [-0.2, 0) is 22.6 Å². The lowest BCUT2D eigenvalue weighted by molar-refractivity contribution is -0.129. The van der Waals surface area contributed by atoms with Gasteiger partial charge in [-0.1, -0.05) is 12.1 Å². The molecule has 0 bridgehead atoms. The number of likely N-dealkylation sites (tertiary alicyclic amines) is 1. The van der Waals surface area contributed by atoms with Gasteiger partial charge in [-0.2, -0.15) is 0 Å². The Kier molecular flexibility index (Phi) is 5.88. The molecule has 0 radical (unpaired) electrons. The molecule has 1 N–H and O–H groups in total. The first-order valence-corrected chi connectivity index (χ1v) is 10.6. The summed E-state index contributed by atoms with van der Waals surface area (Å²) in [4.78, 5) is 31.2. The van der Waals surface area contributed by atoms with Gasteiger partial charge < -0.3 is 19.2 Å². The number of aromatic nitrogens is 2. The first-order valence-electron chi connectivity index (χ1n) is 10.6. The number of carbonyl (C=O) groups excluding carboxylic acids is 2. The lowest BCUT2D eigenvalue weighted by atomic mass is 10.1. The van der Waals surface area contributed by atoms with Gasteiger partial charge in [-0.15, -0.1) is 0 Å². The number of nitrogens with zero attached hydrogens (tertiary/aromatic N) is 3. The lowest BCUT2D eigenvalue weighted by Crippen LogP contribution is -2.33. The van der Waals surface area contributed by atoms with Gasteiger partial charge in [0.2, 0.25) is 11.8 Å². The fourth-order valence-electron chi connectivity index (χ4n) is 4.14. The molecule has 7 heteroatoms. The number of rotatable bonds is 8. The topological polar surface area (TPSA) is 80.4 Å². The van der Waals surface area contributed by atoms with Crippen LogP contribution < -0.4 is 5.32 Å². The van der Waals surface area contributed by atoms with E-state index in [9.17, 15) is 9.59 Å². The zero-order chi connectivity index (χ0) is 21.1. The quantitative estimate of drug-likeness (QED) is 0.580. The SMILES string of the molecule is CC(C)n1c(CCCNC(=O)[C@H]2CC(=O)N(Cc3ccco3)C2)nc2ccccc21. The Morgan fingerprint density at radius 3 is 2.87 bits per heavy atom. The highest BCUT2D eigenvalue weighted by Crippen LogP contribution is 2.22. The minimum absolute atomic E-state index is 0.00259. The summed E-state index contributed by atoms with van der Waals surface area (Å²) < 4.78 is 7.57. The van der Waals surface area contributed by atoms with Crippen molar-refractivity contribution in [2.45, 2.75) is 45.7 Å². The van der Waals surface area contributed by atoms with Crippen LogP contribution in [0.3, 0.4) is 0 Å². The van der Waals surface area contributed by atoms with E-state index in [0.717, 1.165) is 35.5 Å². The van der Waals surface area contributed by atoms with E-state index in [0.29, 0.717) is 25.7 Å². The predicted octanol–water partition coefficient (Wildman–Crippen LogP) is 3.31. The first-order chi connectivity index (χ1) is 14.5. The maximum absolute atomic E-state index is 12.5. The van der Waals surface area contributed by atoms with Crippen LogP contribution in [0.2, 0.25) is 0 Å². The van der Waals surface area contributed by atoms with E-state index < -0.39 is 0 Å². The molecule has 3 aromatic rings. The number of nitrogens with one attached hydrogen (secondary N) is 1. The summed E-state index contributed by atoms with van der Waals surface area (Å²) in [5, 5.41) is 3.00. The highest BCUT2D eigenvalue weighted by molar-refractivity contribution is 5.89. The molecule has 30 heavy (non-hydrogen) atoms. The fourth-order valence-corrected chi connectivity index (χ4v) is 4.14. The molecule has 1 aliphatic rings. The van der Waals surface area contributed by atoms with Crippen LogP contribution in [0.15, 0.2) is 47.1 Å². The molecule has 0 saturated carbocycles. The van der Waals surface area contributed by atoms with Crippen molar-refractivity contribution in [3.63, 3.8) is 0 Å². The van der Waals surface area contributed by atoms with Crippen molar-refractivity contribution >= 4 is 22.8 Å². The molecule has 1 saturated heterocycles. The third-order valence-electron chi connectivity index (χ3n) is 5.57. The van der Waals surface area contributed by atoms with Crippen molar-refractivity contribution in [3.8, 4) is 0 Å². The zero-order valence-corrected chi connectivity index (χ0v) is 17.5. The van der Waals surface area contributed by atoms with Gasteiger partial charge in [0.1, 0.15) is 11.6 Å². The summed E-state index contributed by atoms with van der Waals surface area (Å²) in [6.07, 6.45) is 3.45. The molecule has 3 heterocycles. The number of aryl methyl sites for hydroxylation is 1. The van der Waals surface area contributed by atoms with Crippen molar-refractivity contribution in [2.75, 3.05) is 13.1 Å². The monoisotopic (exact) mass is 408 g/mol. The van der Waals surface area contributed by atoms with Gasteiger partial charge in [0.25, 0.3) is 0 Å². The highest BCUT2D eigenvalue weighted by atomic mass is 16.3. The molecule has 158 valence electrons. The van der Waals surface area contributed by atoms with Crippen molar-refractivity contribution in [2.24, 2.45) is 5.92 Å². The lowest BCUT2D eigenvalue weighted by Gasteiger charge is -2.15. The maximum atomic E-state index is 12.5. The van der Waals surface area contributed by atoms with Crippen LogP contribution >= 0.6 is 0 Å². The molecular formula is C23H28N4O3. The van der Waals surface area contributed by atoms with E-state index >= 15 is 0 Å². The van der Waals surface area contributed by atoms with Crippen molar-refractivity contribution in [3.05, 3.63) is 54.2 Å². The Balaban J connectivity index is 1.28. The Morgan fingerprint density at radius 1 is 1.27 bits per heavy atom. The molecule has 2 aromatic heterocycles. The van der Waals surface area contributed by atoms with Crippen LogP contribution in [0.5, 0.6) is 0 Å². The van der Waals surface area contributed by atoms with E-state index in [2.05, 4.69) is 29.8 Å². The molecule has 0 spiro atoms. The molecule has 2 amide bonds. The number of imidazole rings is 1. The van der Waals surface area contributed by atoms with Crippen LogP contribution in [0, 0.1) is 5.92 Å². The van der Waals surface area contributed by atoms with Crippen molar-refractivity contribution in [1.82, 2.24) is 19.8 Å². The summed E-state index contributed by atoms with van der Waals surface area (Å²) in [6.45, 7) is 5.74. The molecule has 4 rings (SSSR count). The van der Waals surface area contributed by atoms with E-state index in [4.69, 9.17) is 9.40 Å². The van der Waals surface area contributed by atoms with Gasteiger partial charge in [-0.25, -0.2) is 4.98 Å². The Hall–Kier alpha value is -3.09. The molecular weight excluding hydrogens is 380 g/mol. The number of carbonyl (C=O) groups is 2. The predicted molar refractivity (Wildman–Crippen MR) is 114 cm³/mol. The largest absolute Gasteiger partial charge is 0.467 e. The standard InChI is InChI=1S/C23H28N4O3/c1-16(2)27-20-9-4-3-8-19(20)25-21(27)10-5-11-24-23(29)17-13-22(28)26(14-17)15-18-7-6-12-30-18/h3-4,6-9,12,16-17H,5,10-11,13-15H2,1-2H3,(H,24,29)/t17-/m0/s1. The molecule has 0 unspecified atom stereocenters.